The van der Waals surface area contributed by atoms with Gasteiger partial charge >= 0.3 is 0 Å². The maximum Gasteiger partial charge on any atom is 0.252 e. The first kappa shape index (κ1) is 22.2. The van der Waals surface area contributed by atoms with Crippen molar-refractivity contribution in [3.8, 4) is 5.75 Å². The van der Waals surface area contributed by atoms with Crippen LogP contribution < -0.4 is 10.3 Å². The predicted octanol–water partition coefficient (Wildman–Crippen LogP) is 2.30. The van der Waals surface area contributed by atoms with Gasteiger partial charge in [0, 0.05) is 48.6 Å². The molecule has 1 fully saturated rings. The van der Waals surface area contributed by atoms with Crippen LogP contribution in [0.15, 0.2) is 53.6 Å². The van der Waals surface area contributed by atoms with Gasteiger partial charge < -0.3 is 14.5 Å². The van der Waals surface area contributed by atoms with Gasteiger partial charge in [-0.05, 0) is 59.2 Å². The number of nitrogens with zero attached hydrogens (tertiary/aromatic N) is 6. The highest BCUT2D eigenvalue weighted by Gasteiger charge is 2.21. The molecule has 0 spiro atoms. The predicted molar refractivity (Wildman–Crippen MR) is 125 cm³/mol. The Labute approximate surface area is 196 Å². The molecular formula is C24H27N7O3. The minimum atomic E-state index is -0.118. The number of H-pyrrole nitrogens is 1. The molecular weight excluding hydrogens is 434 g/mol. The number of nitrogens with one attached hydrogen (secondary N) is 1. The molecule has 4 aromatic rings. The second kappa shape index (κ2) is 10.1. The molecule has 1 aliphatic heterocycles. The van der Waals surface area contributed by atoms with Crippen molar-refractivity contribution in [3.63, 3.8) is 0 Å². The quantitative estimate of drug-likeness (QED) is 0.404. The fourth-order valence-electron chi connectivity index (χ4n) is 4.29. The Kier molecular flexibility index (Phi) is 6.59. The molecule has 3 aromatic heterocycles. The van der Waals surface area contributed by atoms with E-state index >= 15 is 0 Å². The van der Waals surface area contributed by atoms with Gasteiger partial charge in [0.25, 0.3) is 5.56 Å². The lowest BCUT2D eigenvalue weighted by Crippen LogP contribution is -2.29. The van der Waals surface area contributed by atoms with Crippen LogP contribution in [0.4, 0.5) is 0 Å². The number of hydrogen-bond donors (Lipinski definition) is 1. The molecule has 1 atom stereocenters. The number of tetrazole rings is 1. The van der Waals surface area contributed by atoms with Gasteiger partial charge in [0.2, 0.25) is 0 Å². The standard InChI is InChI=1S/C24H27N7O3/c1-33-20-6-7-22-18(11-20)10-19(24(32)26-22)14-30(13-17-4-2-8-25-12-17)16-23-27-28-29-31(23)15-21-5-3-9-34-21/h2,4,6-8,10-12,21H,3,5,9,13-16H2,1H3,(H,26,32)/t21-/m1/s1. The van der Waals surface area contributed by atoms with Gasteiger partial charge in [-0.1, -0.05) is 6.07 Å². The Morgan fingerprint density at radius 2 is 2.18 bits per heavy atom. The Morgan fingerprint density at radius 3 is 2.97 bits per heavy atom. The SMILES string of the molecule is COc1ccc2[nH]c(=O)c(CN(Cc3cccnc3)Cc3nnnn3C[C@H]3CCCO3)cc2c1. The van der Waals surface area contributed by atoms with Crippen molar-refractivity contribution in [2.75, 3.05) is 13.7 Å². The summed E-state index contributed by atoms with van der Waals surface area (Å²) in [7, 11) is 1.63. The molecule has 10 heteroatoms. The maximum atomic E-state index is 12.9. The third-order valence-electron chi connectivity index (χ3n) is 6.02. The van der Waals surface area contributed by atoms with Gasteiger partial charge in [-0.2, -0.15) is 0 Å². The van der Waals surface area contributed by atoms with E-state index in [1.165, 1.54) is 0 Å². The fraction of sp³-hybridized carbons (Fsp3) is 0.375. The van der Waals surface area contributed by atoms with Gasteiger partial charge in [0.15, 0.2) is 5.82 Å². The third kappa shape index (κ3) is 5.13. The summed E-state index contributed by atoms with van der Waals surface area (Å²) >= 11 is 0. The Morgan fingerprint density at radius 1 is 1.24 bits per heavy atom. The summed E-state index contributed by atoms with van der Waals surface area (Å²) in [6, 6.07) is 11.5. The van der Waals surface area contributed by atoms with Crippen molar-refractivity contribution >= 4 is 10.9 Å². The average Bonchev–Trinajstić information content (AvgIpc) is 3.52. The first-order valence-electron chi connectivity index (χ1n) is 11.4. The molecule has 1 aromatic carbocycles. The van der Waals surface area contributed by atoms with Crippen LogP contribution in [0, 0.1) is 0 Å². The number of pyridine rings is 2. The topological polar surface area (TPSA) is 111 Å². The van der Waals surface area contributed by atoms with Crippen molar-refractivity contribution < 1.29 is 9.47 Å². The number of benzene rings is 1. The normalized spacial score (nSPS) is 15.9. The number of aromatic amines is 1. The molecule has 0 aliphatic carbocycles. The van der Waals surface area contributed by atoms with Gasteiger partial charge in [0.05, 0.1) is 26.3 Å². The zero-order chi connectivity index (χ0) is 23.3. The molecule has 0 bridgehead atoms. The smallest absolute Gasteiger partial charge is 0.252 e. The Balaban J connectivity index is 1.42. The van der Waals surface area contributed by atoms with Gasteiger partial charge in [-0.3, -0.25) is 14.7 Å². The van der Waals surface area contributed by atoms with Gasteiger partial charge in [-0.25, -0.2) is 4.68 Å². The molecule has 34 heavy (non-hydrogen) atoms. The molecule has 0 unspecified atom stereocenters. The van der Waals surface area contributed by atoms with Crippen molar-refractivity contribution in [2.45, 2.75) is 45.1 Å². The third-order valence-corrected chi connectivity index (χ3v) is 6.02. The van der Waals surface area contributed by atoms with E-state index in [0.717, 1.165) is 47.5 Å². The summed E-state index contributed by atoms with van der Waals surface area (Å²) in [5.74, 6) is 1.48. The maximum absolute atomic E-state index is 12.9. The molecule has 0 radical (unpaired) electrons. The number of fused-ring (bicyclic) bond motifs is 1. The summed E-state index contributed by atoms with van der Waals surface area (Å²) in [6.45, 7) is 2.90. The summed E-state index contributed by atoms with van der Waals surface area (Å²) in [5.41, 5.74) is 2.35. The average molecular weight is 462 g/mol. The lowest BCUT2D eigenvalue weighted by Gasteiger charge is -2.22. The fourth-order valence-corrected chi connectivity index (χ4v) is 4.29. The van der Waals surface area contributed by atoms with E-state index in [0.29, 0.717) is 31.7 Å². The van der Waals surface area contributed by atoms with Gasteiger partial charge in [0.1, 0.15) is 5.75 Å². The zero-order valence-electron chi connectivity index (χ0n) is 19.1. The monoisotopic (exact) mass is 461 g/mol. The van der Waals surface area contributed by atoms with E-state index in [2.05, 4.69) is 30.4 Å². The first-order chi connectivity index (χ1) is 16.7. The van der Waals surface area contributed by atoms with E-state index in [4.69, 9.17) is 9.47 Å². The number of aromatic nitrogens is 6. The molecule has 10 nitrogen and oxygen atoms in total. The van der Waals surface area contributed by atoms with Crippen LogP contribution in [0.25, 0.3) is 10.9 Å². The second-order valence-corrected chi connectivity index (χ2v) is 8.50. The molecule has 5 rings (SSSR count). The Hall–Kier alpha value is -3.63. The number of methoxy groups -OCH3 is 1. The lowest BCUT2D eigenvalue weighted by atomic mass is 10.1. The lowest BCUT2D eigenvalue weighted by molar-refractivity contribution is 0.0914. The van der Waals surface area contributed by atoms with Crippen LogP contribution in [-0.4, -0.2) is 54.9 Å². The van der Waals surface area contributed by atoms with Crippen LogP contribution in [0.1, 0.15) is 29.8 Å². The summed E-state index contributed by atoms with van der Waals surface area (Å²) in [6.07, 6.45) is 5.78. The van der Waals surface area contributed by atoms with Crippen LogP contribution in [0.3, 0.4) is 0 Å². The number of hydrogen-bond acceptors (Lipinski definition) is 8. The Bertz CT molecular complexity index is 1300. The van der Waals surface area contributed by atoms with E-state index < -0.39 is 0 Å². The second-order valence-electron chi connectivity index (χ2n) is 8.50. The highest BCUT2D eigenvalue weighted by molar-refractivity contribution is 5.80. The van der Waals surface area contributed by atoms with Gasteiger partial charge in [-0.15, -0.1) is 5.10 Å². The summed E-state index contributed by atoms with van der Waals surface area (Å²) in [5, 5.41) is 13.3. The minimum absolute atomic E-state index is 0.118. The number of rotatable bonds is 9. The molecule has 1 N–H and O–H groups in total. The van der Waals surface area contributed by atoms with Crippen molar-refractivity contribution in [1.82, 2.24) is 35.1 Å². The van der Waals surface area contributed by atoms with E-state index in [1.807, 2.05) is 47.3 Å². The number of ether oxygens (including phenoxy) is 2. The van der Waals surface area contributed by atoms with Crippen molar-refractivity contribution in [2.24, 2.45) is 0 Å². The highest BCUT2D eigenvalue weighted by Crippen LogP contribution is 2.20. The molecule has 4 heterocycles. The van der Waals surface area contributed by atoms with Crippen molar-refractivity contribution in [3.05, 3.63) is 76.1 Å². The van der Waals surface area contributed by atoms with E-state index in [9.17, 15) is 4.79 Å². The molecule has 0 saturated carbocycles. The van der Waals surface area contributed by atoms with Crippen molar-refractivity contribution in [1.29, 1.82) is 0 Å². The molecule has 1 aliphatic rings. The van der Waals surface area contributed by atoms with Crippen LogP contribution in [-0.2, 0) is 30.9 Å². The molecule has 0 amide bonds. The van der Waals surface area contributed by atoms with E-state index in [1.54, 1.807) is 13.3 Å². The highest BCUT2D eigenvalue weighted by atomic mass is 16.5. The minimum Gasteiger partial charge on any atom is -0.497 e. The summed E-state index contributed by atoms with van der Waals surface area (Å²) in [4.78, 5) is 22.3. The van der Waals surface area contributed by atoms with E-state index in [-0.39, 0.29) is 11.7 Å². The summed E-state index contributed by atoms with van der Waals surface area (Å²) < 4.78 is 12.9. The largest absolute Gasteiger partial charge is 0.497 e. The van der Waals surface area contributed by atoms with Crippen LogP contribution >= 0.6 is 0 Å². The molecule has 1 saturated heterocycles. The van der Waals surface area contributed by atoms with Crippen LogP contribution in [0.5, 0.6) is 5.75 Å². The van der Waals surface area contributed by atoms with Crippen LogP contribution in [0.2, 0.25) is 0 Å². The first-order valence-corrected chi connectivity index (χ1v) is 11.4. The molecule has 176 valence electrons. The zero-order valence-corrected chi connectivity index (χ0v) is 19.1.